The molecule has 0 aromatic carbocycles. The van der Waals surface area contributed by atoms with E-state index in [0.717, 1.165) is 56.6 Å². The minimum Gasteiger partial charge on any atom is -0.469 e. The highest BCUT2D eigenvalue weighted by Gasteiger charge is 2.19. The second-order valence-corrected chi connectivity index (χ2v) is 7.90. The first kappa shape index (κ1) is 19.5. The molecule has 1 aliphatic rings. The van der Waals surface area contributed by atoms with Gasteiger partial charge >= 0.3 is 0 Å². The average Bonchev–Trinajstić information content (AvgIpc) is 3.39. The maximum Gasteiger partial charge on any atom is 0.216 e. The molecule has 0 radical (unpaired) electrons. The van der Waals surface area contributed by atoms with Gasteiger partial charge in [0.05, 0.1) is 19.1 Å². The maximum atomic E-state index is 5.83. The molecule has 1 unspecified atom stereocenters. The number of aliphatic imine (C=N–C) groups is 1. The van der Waals surface area contributed by atoms with Gasteiger partial charge in [-0.1, -0.05) is 20.8 Å². The molecule has 148 valence electrons. The van der Waals surface area contributed by atoms with Crippen LogP contribution in [0.15, 0.2) is 38.4 Å². The van der Waals surface area contributed by atoms with E-state index in [-0.39, 0.29) is 5.41 Å². The van der Waals surface area contributed by atoms with Crippen LogP contribution in [0.4, 0.5) is 0 Å². The molecule has 1 atom stereocenters. The summed E-state index contributed by atoms with van der Waals surface area (Å²) >= 11 is 0. The van der Waals surface area contributed by atoms with Crippen LogP contribution in [0.1, 0.15) is 44.6 Å². The molecule has 2 N–H and O–H groups in total. The third-order valence-electron chi connectivity index (χ3n) is 4.49. The molecule has 3 rings (SSSR count). The van der Waals surface area contributed by atoms with Gasteiger partial charge in [-0.05, 0) is 18.6 Å². The number of nitrogens with one attached hydrogen (secondary N) is 2. The van der Waals surface area contributed by atoms with Crippen molar-refractivity contribution in [2.75, 3.05) is 26.3 Å². The number of ether oxygens (including phenoxy) is 1. The largest absolute Gasteiger partial charge is 0.469 e. The Bertz CT molecular complexity index is 710. The molecule has 27 heavy (non-hydrogen) atoms. The summed E-state index contributed by atoms with van der Waals surface area (Å²) in [5, 5.41) is 6.77. The molecule has 0 saturated carbocycles. The number of nitrogens with zero attached hydrogens (tertiary/aromatic N) is 2. The monoisotopic (exact) mass is 374 g/mol. The lowest BCUT2D eigenvalue weighted by Gasteiger charge is -2.15. The molecule has 0 bridgehead atoms. The molecule has 0 amide bonds. The standard InChI is InChI=1S/C20H30N4O3/c1-20(2,3)17-12-22-18(27-17)13-24-19(23-11-15-7-10-25-14-15)21-8-6-16-5-4-9-26-16/h4-5,9,12,15H,6-8,10-11,13-14H2,1-3H3,(H2,21,23,24). The fourth-order valence-corrected chi connectivity index (χ4v) is 2.80. The molecule has 1 aliphatic heterocycles. The fraction of sp³-hybridized carbons (Fsp3) is 0.600. The number of hydrogen-bond donors (Lipinski definition) is 2. The van der Waals surface area contributed by atoms with Crippen LogP contribution in [0.5, 0.6) is 0 Å². The molecule has 2 aromatic heterocycles. The van der Waals surface area contributed by atoms with Crippen molar-refractivity contribution in [3.63, 3.8) is 0 Å². The quantitative estimate of drug-likeness (QED) is 0.573. The topological polar surface area (TPSA) is 84.8 Å². The van der Waals surface area contributed by atoms with Crippen molar-refractivity contribution < 1.29 is 13.6 Å². The van der Waals surface area contributed by atoms with Crippen LogP contribution in [0.25, 0.3) is 0 Å². The van der Waals surface area contributed by atoms with Gasteiger partial charge in [0, 0.05) is 37.5 Å². The highest BCUT2D eigenvalue weighted by Crippen LogP contribution is 2.22. The molecule has 2 aromatic rings. The van der Waals surface area contributed by atoms with Crippen LogP contribution in [0.3, 0.4) is 0 Å². The van der Waals surface area contributed by atoms with E-state index in [1.807, 2.05) is 12.1 Å². The van der Waals surface area contributed by atoms with Gasteiger partial charge in [-0.25, -0.2) is 9.98 Å². The van der Waals surface area contributed by atoms with Gasteiger partial charge in [-0.2, -0.15) is 0 Å². The Hall–Kier alpha value is -2.28. The van der Waals surface area contributed by atoms with Gasteiger partial charge in [0.25, 0.3) is 0 Å². The van der Waals surface area contributed by atoms with Gasteiger partial charge in [0.1, 0.15) is 18.1 Å². The van der Waals surface area contributed by atoms with Crippen LogP contribution in [0.2, 0.25) is 0 Å². The highest BCUT2D eigenvalue weighted by molar-refractivity contribution is 5.79. The zero-order chi connectivity index (χ0) is 19.1. The SMILES string of the molecule is CC(C)(C)c1cnc(CN=C(NCCc2ccco2)NCC2CCOC2)o1. The molecular weight excluding hydrogens is 344 g/mol. The number of aromatic nitrogens is 1. The Kier molecular flexibility index (Phi) is 6.55. The average molecular weight is 374 g/mol. The summed E-state index contributed by atoms with van der Waals surface area (Å²) in [6.45, 7) is 9.93. The van der Waals surface area contributed by atoms with Gasteiger partial charge in [0.2, 0.25) is 5.89 Å². The first-order chi connectivity index (χ1) is 13.0. The van der Waals surface area contributed by atoms with E-state index < -0.39 is 0 Å². The van der Waals surface area contributed by atoms with E-state index in [0.29, 0.717) is 18.4 Å². The third-order valence-corrected chi connectivity index (χ3v) is 4.49. The van der Waals surface area contributed by atoms with Crippen LogP contribution in [-0.2, 0) is 23.1 Å². The lowest BCUT2D eigenvalue weighted by atomic mass is 9.94. The summed E-state index contributed by atoms with van der Waals surface area (Å²) in [6.07, 6.45) is 5.37. The van der Waals surface area contributed by atoms with E-state index in [9.17, 15) is 0 Å². The van der Waals surface area contributed by atoms with Crippen molar-refractivity contribution in [2.24, 2.45) is 10.9 Å². The third kappa shape index (κ3) is 6.13. The normalized spacial score (nSPS) is 18.0. The molecule has 3 heterocycles. The van der Waals surface area contributed by atoms with Crippen LogP contribution < -0.4 is 10.6 Å². The lowest BCUT2D eigenvalue weighted by molar-refractivity contribution is 0.186. The first-order valence-corrected chi connectivity index (χ1v) is 9.58. The van der Waals surface area contributed by atoms with E-state index >= 15 is 0 Å². The number of rotatable bonds is 7. The first-order valence-electron chi connectivity index (χ1n) is 9.58. The Morgan fingerprint density at radius 3 is 2.89 bits per heavy atom. The Labute approximate surface area is 160 Å². The molecule has 0 aliphatic carbocycles. The predicted octanol–water partition coefficient (Wildman–Crippen LogP) is 2.88. The summed E-state index contributed by atoms with van der Waals surface area (Å²) in [5.41, 5.74) is -0.0557. The molecule has 1 saturated heterocycles. The maximum absolute atomic E-state index is 5.83. The summed E-state index contributed by atoms with van der Waals surface area (Å²) in [6, 6.07) is 3.88. The highest BCUT2D eigenvalue weighted by atomic mass is 16.5. The van der Waals surface area contributed by atoms with Gasteiger partial charge < -0.3 is 24.2 Å². The van der Waals surface area contributed by atoms with Gasteiger partial charge in [-0.3, -0.25) is 0 Å². The second-order valence-electron chi connectivity index (χ2n) is 7.90. The van der Waals surface area contributed by atoms with Crippen molar-refractivity contribution in [1.82, 2.24) is 15.6 Å². The molecule has 1 fully saturated rings. The predicted molar refractivity (Wildman–Crippen MR) is 104 cm³/mol. The number of guanidine groups is 1. The molecule has 7 nitrogen and oxygen atoms in total. The van der Waals surface area contributed by atoms with Crippen molar-refractivity contribution in [1.29, 1.82) is 0 Å². The van der Waals surface area contributed by atoms with E-state index in [4.69, 9.17) is 13.6 Å². The summed E-state index contributed by atoms with van der Waals surface area (Å²) in [4.78, 5) is 8.98. The van der Waals surface area contributed by atoms with Gasteiger partial charge in [0.15, 0.2) is 5.96 Å². The Morgan fingerprint density at radius 1 is 1.33 bits per heavy atom. The Morgan fingerprint density at radius 2 is 2.22 bits per heavy atom. The Balaban J connectivity index is 1.56. The van der Waals surface area contributed by atoms with Crippen molar-refractivity contribution in [3.05, 3.63) is 42.0 Å². The summed E-state index contributed by atoms with van der Waals surface area (Å²) < 4.78 is 16.7. The minimum absolute atomic E-state index is 0.0557. The zero-order valence-corrected chi connectivity index (χ0v) is 16.5. The molecular formula is C20H30N4O3. The zero-order valence-electron chi connectivity index (χ0n) is 16.5. The van der Waals surface area contributed by atoms with Crippen LogP contribution in [0, 0.1) is 5.92 Å². The number of oxazole rings is 1. The van der Waals surface area contributed by atoms with Crippen LogP contribution >= 0.6 is 0 Å². The fourth-order valence-electron chi connectivity index (χ4n) is 2.80. The number of hydrogen-bond acceptors (Lipinski definition) is 5. The van der Waals surface area contributed by atoms with Crippen LogP contribution in [-0.4, -0.2) is 37.2 Å². The lowest BCUT2D eigenvalue weighted by Crippen LogP contribution is -2.40. The van der Waals surface area contributed by atoms with Crippen molar-refractivity contribution >= 4 is 5.96 Å². The molecule has 0 spiro atoms. The number of furan rings is 1. The van der Waals surface area contributed by atoms with E-state index in [2.05, 4.69) is 41.4 Å². The van der Waals surface area contributed by atoms with Crippen molar-refractivity contribution in [2.45, 2.75) is 45.6 Å². The summed E-state index contributed by atoms with van der Waals surface area (Å²) in [5.74, 6) is 3.72. The smallest absolute Gasteiger partial charge is 0.216 e. The van der Waals surface area contributed by atoms with Crippen molar-refractivity contribution in [3.8, 4) is 0 Å². The second kappa shape index (κ2) is 9.08. The van der Waals surface area contributed by atoms with E-state index in [1.54, 1.807) is 12.5 Å². The summed E-state index contributed by atoms with van der Waals surface area (Å²) in [7, 11) is 0. The minimum atomic E-state index is -0.0557. The van der Waals surface area contributed by atoms with Gasteiger partial charge in [-0.15, -0.1) is 0 Å². The molecule has 7 heteroatoms. The van der Waals surface area contributed by atoms with E-state index in [1.165, 1.54) is 0 Å².